The molecule has 1 aliphatic heterocycles. The fourth-order valence-electron chi connectivity index (χ4n) is 2.76. The number of ether oxygens (including phenoxy) is 2. The van der Waals surface area contributed by atoms with Crippen LogP contribution in [0.3, 0.4) is 0 Å². The summed E-state index contributed by atoms with van der Waals surface area (Å²) in [5.41, 5.74) is 0.993. The Morgan fingerprint density at radius 3 is 2.80 bits per heavy atom. The van der Waals surface area contributed by atoms with Gasteiger partial charge in [-0.1, -0.05) is 6.07 Å². The molecule has 2 heterocycles. The Bertz CT molecular complexity index is 746. The summed E-state index contributed by atoms with van der Waals surface area (Å²) in [6.07, 6.45) is 1.62. The zero-order valence-corrected chi connectivity index (χ0v) is 14.7. The Morgan fingerprint density at radius 2 is 2.12 bits per heavy atom. The number of fused-ring (bicyclic) bond motifs is 1. The van der Waals surface area contributed by atoms with E-state index in [1.54, 1.807) is 15.8 Å². The SMILES string of the molecule is CCN(Cc1ccc2c(c1)OCCO2)C(=O)NC(C)c1nncn1C. The summed E-state index contributed by atoms with van der Waals surface area (Å²) in [6.45, 7) is 6.03. The second-order valence-electron chi connectivity index (χ2n) is 5.96. The zero-order chi connectivity index (χ0) is 17.8. The number of nitrogens with zero attached hydrogens (tertiary/aromatic N) is 4. The van der Waals surface area contributed by atoms with Gasteiger partial charge in [0.2, 0.25) is 0 Å². The summed E-state index contributed by atoms with van der Waals surface area (Å²) in [5.74, 6) is 2.19. The van der Waals surface area contributed by atoms with Crippen molar-refractivity contribution in [3.63, 3.8) is 0 Å². The number of hydrogen-bond acceptors (Lipinski definition) is 5. The van der Waals surface area contributed by atoms with Crippen LogP contribution in [-0.4, -0.2) is 45.5 Å². The topological polar surface area (TPSA) is 81.5 Å². The van der Waals surface area contributed by atoms with Crippen molar-refractivity contribution in [2.75, 3.05) is 19.8 Å². The largest absolute Gasteiger partial charge is 0.486 e. The summed E-state index contributed by atoms with van der Waals surface area (Å²) in [7, 11) is 1.85. The molecule has 1 N–H and O–H groups in total. The van der Waals surface area contributed by atoms with Crippen LogP contribution < -0.4 is 14.8 Å². The minimum Gasteiger partial charge on any atom is -0.486 e. The summed E-state index contributed by atoms with van der Waals surface area (Å²) < 4.78 is 12.9. The molecule has 1 aliphatic rings. The van der Waals surface area contributed by atoms with Crippen LogP contribution in [0, 0.1) is 0 Å². The maximum absolute atomic E-state index is 12.6. The minimum absolute atomic E-state index is 0.145. The number of aryl methyl sites for hydroxylation is 1. The first-order valence-corrected chi connectivity index (χ1v) is 8.36. The van der Waals surface area contributed by atoms with Crippen molar-refractivity contribution in [3.05, 3.63) is 35.9 Å². The lowest BCUT2D eigenvalue weighted by Crippen LogP contribution is -2.41. The number of rotatable bonds is 5. The van der Waals surface area contributed by atoms with E-state index in [4.69, 9.17) is 9.47 Å². The number of nitrogens with one attached hydrogen (secondary N) is 1. The van der Waals surface area contributed by atoms with Gasteiger partial charge in [-0.05, 0) is 31.5 Å². The lowest BCUT2D eigenvalue weighted by Gasteiger charge is -2.25. The maximum atomic E-state index is 12.6. The molecular formula is C17H23N5O3. The van der Waals surface area contributed by atoms with Crippen LogP contribution in [0.2, 0.25) is 0 Å². The van der Waals surface area contributed by atoms with Gasteiger partial charge in [0.25, 0.3) is 0 Å². The van der Waals surface area contributed by atoms with Crippen LogP contribution >= 0.6 is 0 Å². The Balaban J connectivity index is 1.65. The first-order valence-electron chi connectivity index (χ1n) is 8.36. The van der Waals surface area contributed by atoms with Crippen molar-refractivity contribution in [2.45, 2.75) is 26.4 Å². The van der Waals surface area contributed by atoms with Crippen LogP contribution in [0.4, 0.5) is 4.79 Å². The Morgan fingerprint density at radius 1 is 1.36 bits per heavy atom. The van der Waals surface area contributed by atoms with Gasteiger partial charge in [-0.3, -0.25) is 0 Å². The molecule has 25 heavy (non-hydrogen) atoms. The molecule has 1 atom stereocenters. The molecule has 1 aromatic heterocycles. The summed E-state index contributed by atoms with van der Waals surface area (Å²) >= 11 is 0. The number of carbonyl (C=O) groups excluding carboxylic acids is 1. The van der Waals surface area contributed by atoms with Crippen LogP contribution in [0.25, 0.3) is 0 Å². The third-order valence-electron chi connectivity index (χ3n) is 4.12. The zero-order valence-electron chi connectivity index (χ0n) is 14.7. The Labute approximate surface area is 146 Å². The quantitative estimate of drug-likeness (QED) is 0.895. The van der Waals surface area contributed by atoms with Gasteiger partial charge in [-0.15, -0.1) is 10.2 Å². The standard InChI is InChI=1S/C17H23N5O3/c1-4-22(17(23)19-12(2)16-20-18-11-21(16)3)10-13-5-6-14-15(9-13)25-8-7-24-14/h5-6,9,11-12H,4,7-8,10H2,1-3H3,(H,19,23). The fraction of sp³-hybridized carbons (Fsp3) is 0.471. The molecule has 8 heteroatoms. The van der Waals surface area contributed by atoms with E-state index >= 15 is 0 Å². The predicted molar refractivity (Wildman–Crippen MR) is 91.5 cm³/mol. The van der Waals surface area contributed by atoms with Gasteiger partial charge in [0, 0.05) is 20.1 Å². The van der Waals surface area contributed by atoms with Crippen LogP contribution in [0.15, 0.2) is 24.5 Å². The van der Waals surface area contributed by atoms with E-state index in [1.165, 1.54) is 0 Å². The molecule has 0 aliphatic carbocycles. The molecular weight excluding hydrogens is 322 g/mol. The molecule has 0 saturated heterocycles. The van der Waals surface area contributed by atoms with E-state index in [2.05, 4.69) is 15.5 Å². The number of carbonyl (C=O) groups is 1. The van der Waals surface area contributed by atoms with Crippen LogP contribution in [-0.2, 0) is 13.6 Å². The average Bonchev–Trinajstić information content (AvgIpc) is 3.05. The summed E-state index contributed by atoms with van der Waals surface area (Å²) in [6, 6.07) is 5.39. The lowest BCUT2D eigenvalue weighted by molar-refractivity contribution is 0.171. The predicted octanol–water partition coefficient (Wildman–Crippen LogP) is 1.88. The van der Waals surface area contributed by atoms with Crippen LogP contribution in [0.5, 0.6) is 11.5 Å². The van der Waals surface area contributed by atoms with Crippen molar-refractivity contribution in [3.8, 4) is 11.5 Å². The molecule has 1 aromatic carbocycles. The maximum Gasteiger partial charge on any atom is 0.318 e. The van der Waals surface area contributed by atoms with E-state index in [0.717, 1.165) is 17.1 Å². The fourth-order valence-corrected chi connectivity index (χ4v) is 2.76. The van der Waals surface area contributed by atoms with E-state index in [-0.39, 0.29) is 12.1 Å². The minimum atomic E-state index is -0.227. The highest BCUT2D eigenvalue weighted by atomic mass is 16.6. The molecule has 3 rings (SSSR count). The molecule has 2 aromatic rings. The third kappa shape index (κ3) is 3.84. The van der Waals surface area contributed by atoms with E-state index in [1.807, 2.05) is 39.1 Å². The van der Waals surface area contributed by atoms with Gasteiger partial charge < -0.3 is 24.3 Å². The Hall–Kier alpha value is -2.77. The van der Waals surface area contributed by atoms with Crippen molar-refractivity contribution in [1.29, 1.82) is 0 Å². The molecule has 0 radical (unpaired) electrons. The first-order chi connectivity index (χ1) is 12.1. The van der Waals surface area contributed by atoms with Crippen molar-refractivity contribution in [1.82, 2.24) is 25.0 Å². The summed E-state index contributed by atoms with van der Waals surface area (Å²) in [4.78, 5) is 14.3. The lowest BCUT2D eigenvalue weighted by atomic mass is 10.2. The van der Waals surface area contributed by atoms with E-state index in [0.29, 0.717) is 32.1 Å². The number of amides is 2. The van der Waals surface area contributed by atoms with Crippen LogP contribution in [0.1, 0.15) is 31.3 Å². The Kier molecular flexibility index (Phi) is 5.06. The smallest absolute Gasteiger partial charge is 0.318 e. The number of hydrogen-bond donors (Lipinski definition) is 1. The van der Waals surface area contributed by atoms with Crippen molar-refractivity contribution < 1.29 is 14.3 Å². The molecule has 0 bridgehead atoms. The highest BCUT2D eigenvalue weighted by molar-refractivity contribution is 5.74. The molecule has 0 saturated carbocycles. The van der Waals surface area contributed by atoms with Gasteiger partial charge >= 0.3 is 6.03 Å². The molecule has 134 valence electrons. The molecule has 2 amide bonds. The van der Waals surface area contributed by atoms with Crippen molar-refractivity contribution >= 4 is 6.03 Å². The van der Waals surface area contributed by atoms with Crippen molar-refractivity contribution in [2.24, 2.45) is 7.05 Å². The molecule has 8 nitrogen and oxygen atoms in total. The average molecular weight is 345 g/mol. The van der Waals surface area contributed by atoms with E-state index in [9.17, 15) is 4.79 Å². The van der Waals surface area contributed by atoms with Gasteiger partial charge in [0.1, 0.15) is 19.5 Å². The van der Waals surface area contributed by atoms with Gasteiger partial charge in [0.05, 0.1) is 6.04 Å². The highest BCUT2D eigenvalue weighted by Gasteiger charge is 2.19. The second-order valence-corrected chi connectivity index (χ2v) is 5.96. The highest BCUT2D eigenvalue weighted by Crippen LogP contribution is 2.31. The second kappa shape index (κ2) is 7.42. The molecule has 0 fully saturated rings. The van der Waals surface area contributed by atoms with Gasteiger partial charge in [-0.2, -0.15) is 0 Å². The monoisotopic (exact) mass is 345 g/mol. The molecule has 1 unspecified atom stereocenters. The summed E-state index contributed by atoms with van der Waals surface area (Å²) in [5, 5.41) is 10.8. The number of aromatic nitrogens is 3. The third-order valence-corrected chi connectivity index (χ3v) is 4.12. The van der Waals surface area contributed by atoms with Gasteiger partial charge in [-0.25, -0.2) is 4.79 Å². The number of benzene rings is 1. The normalized spacial score (nSPS) is 14.0. The van der Waals surface area contributed by atoms with E-state index < -0.39 is 0 Å². The van der Waals surface area contributed by atoms with Gasteiger partial charge in [0.15, 0.2) is 17.3 Å². The number of urea groups is 1. The first kappa shape index (κ1) is 17.1. The molecule has 0 spiro atoms.